The molecular formula is C27H23NS. The van der Waals surface area contributed by atoms with Gasteiger partial charge in [0.05, 0.1) is 5.69 Å². The van der Waals surface area contributed by atoms with Crippen LogP contribution in [0.3, 0.4) is 0 Å². The van der Waals surface area contributed by atoms with E-state index in [4.69, 9.17) is 4.98 Å². The summed E-state index contributed by atoms with van der Waals surface area (Å²) in [6.45, 7) is 6.68. The average molecular weight is 394 g/mol. The van der Waals surface area contributed by atoms with Gasteiger partial charge in [-0.1, -0.05) is 67.6 Å². The highest BCUT2D eigenvalue weighted by molar-refractivity contribution is 7.26. The van der Waals surface area contributed by atoms with E-state index in [2.05, 4.69) is 93.6 Å². The first-order valence-electron chi connectivity index (χ1n) is 10.1. The molecule has 1 unspecified atom stereocenters. The van der Waals surface area contributed by atoms with Crippen molar-refractivity contribution in [2.45, 2.75) is 26.7 Å². The summed E-state index contributed by atoms with van der Waals surface area (Å²) < 4.78 is 2.72. The maximum atomic E-state index is 4.76. The Morgan fingerprint density at radius 3 is 2.41 bits per heavy atom. The second-order valence-electron chi connectivity index (χ2n) is 7.79. The van der Waals surface area contributed by atoms with Crippen LogP contribution in [-0.2, 0) is 0 Å². The number of aryl methyl sites for hydroxylation is 2. The summed E-state index contributed by atoms with van der Waals surface area (Å²) in [6.07, 6.45) is 1.95. The number of fused-ring (bicyclic) bond motifs is 3. The van der Waals surface area contributed by atoms with Crippen LogP contribution in [0.15, 0.2) is 79.0 Å². The third-order valence-corrected chi connectivity index (χ3v) is 7.29. The molecule has 0 aliphatic heterocycles. The van der Waals surface area contributed by atoms with Gasteiger partial charge in [-0.05, 0) is 48.2 Å². The van der Waals surface area contributed by atoms with E-state index in [0.29, 0.717) is 5.92 Å². The Morgan fingerprint density at radius 1 is 0.759 bits per heavy atom. The molecule has 0 spiro atoms. The Balaban J connectivity index is 1.70. The molecule has 0 aliphatic rings. The highest BCUT2D eigenvalue weighted by Crippen LogP contribution is 2.42. The van der Waals surface area contributed by atoms with Crippen molar-refractivity contribution in [2.24, 2.45) is 0 Å². The predicted octanol–water partition coefficient (Wildman–Crippen LogP) is 7.89. The van der Waals surface area contributed by atoms with Crippen LogP contribution in [0.5, 0.6) is 0 Å². The molecule has 5 aromatic rings. The molecule has 3 aromatic carbocycles. The summed E-state index contributed by atoms with van der Waals surface area (Å²) in [4.78, 5) is 4.76. The van der Waals surface area contributed by atoms with Gasteiger partial charge in [0.2, 0.25) is 0 Å². The summed E-state index contributed by atoms with van der Waals surface area (Å²) in [7, 11) is 0. The predicted molar refractivity (Wildman–Crippen MR) is 126 cm³/mol. The molecule has 2 heteroatoms. The van der Waals surface area contributed by atoms with Crippen molar-refractivity contribution in [3.05, 3.63) is 101 Å². The second-order valence-corrected chi connectivity index (χ2v) is 8.82. The van der Waals surface area contributed by atoms with Gasteiger partial charge in [-0.2, -0.15) is 0 Å². The highest BCUT2D eigenvalue weighted by atomic mass is 32.1. The molecule has 0 fully saturated rings. The Kier molecular flexibility index (Phi) is 4.44. The molecule has 0 N–H and O–H groups in total. The van der Waals surface area contributed by atoms with Gasteiger partial charge in [-0.25, -0.2) is 0 Å². The largest absolute Gasteiger partial charge is 0.256 e. The van der Waals surface area contributed by atoms with Crippen LogP contribution in [0.25, 0.3) is 31.4 Å². The topological polar surface area (TPSA) is 12.9 Å². The van der Waals surface area contributed by atoms with Crippen molar-refractivity contribution < 1.29 is 0 Å². The lowest BCUT2D eigenvalue weighted by Gasteiger charge is -2.14. The van der Waals surface area contributed by atoms with Crippen LogP contribution >= 0.6 is 11.3 Å². The summed E-state index contributed by atoms with van der Waals surface area (Å²) in [5.74, 6) is 0.337. The molecule has 0 bridgehead atoms. The van der Waals surface area contributed by atoms with Gasteiger partial charge >= 0.3 is 0 Å². The number of hydrogen-bond acceptors (Lipinski definition) is 2. The SMILES string of the molecule is Cc1cccc2c1sc1c(-c3cc(C(C)c4ccccc4)ccn3)ccc(C)c12. The zero-order valence-corrected chi connectivity index (χ0v) is 17.8. The molecule has 1 atom stereocenters. The molecule has 0 aliphatic carbocycles. The molecule has 0 saturated carbocycles. The van der Waals surface area contributed by atoms with Gasteiger partial charge in [0.25, 0.3) is 0 Å². The zero-order chi connectivity index (χ0) is 20.0. The van der Waals surface area contributed by atoms with Gasteiger partial charge in [0, 0.05) is 37.9 Å². The molecule has 2 heterocycles. The summed E-state index contributed by atoms with van der Waals surface area (Å²) in [6, 6.07) is 26.2. The lowest BCUT2D eigenvalue weighted by Crippen LogP contribution is -1.97. The summed E-state index contributed by atoms with van der Waals surface area (Å²) in [5.41, 5.74) is 7.58. The third kappa shape index (κ3) is 3.04. The van der Waals surface area contributed by atoms with Crippen molar-refractivity contribution in [3.63, 3.8) is 0 Å². The fraction of sp³-hybridized carbons (Fsp3) is 0.148. The average Bonchev–Trinajstić information content (AvgIpc) is 3.16. The fourth-order valence-corrected chi connectivity index (χ4v) is 5.58. The fourth-order valence-electron chi connectivity index (χ4n) is 4.21. The van der Waals surface area contributed by atoms with E-state index in [1.165, 1.54) is 48.0 Å². The number of pyridine rings is 1. The van der Waals surface area contributed by atoms with Crippen LogP contribution in [0.1, 0.15) is 35.1 Å². The van der Waals surface area contributed by atoms with Crippen molar-refractivity contribution in [1.29, 1.82) is 0 Å². The van der Waals surface area contributed by atoms with Crippen LogP contribution in [0.2, 0.25) is 0 Å². The standard InChI is InChI=1S/C27H23NS/c1-17-12-13-22(27-25(17)23-11-7-8-18(2)26(23)29-27)24-16-21(14-15-28-24)19(3)20-9-5-4-6-10-20/h4-16,19H,1-3H3. The lowest BCUT2D eigenvalue weighted by atomic mass is 9.92. The van der Waals surface area contributed by atoms with Gasteiger partial charge < -0.3 is 0 Å². The number of thiophene rings is 1. The third-order valence-electron chi connectivity index (χ3n) is 5.91. The zero-order valence-electron chi connectivity index (χ0n) is 16.9. The van der Waals surface area contributed by atoms with Crippen molar-refractivity contribution in [1.82, 2.24) is 4.98 Å². The quantitative estimate of drug-likeness (QED) is 0.304. The summed E-state index contributed by atoms with van der Waals surface area (Å²) in [5, 5.41) is 2.73. The van der Waals surface area contributed by atoms with Crippen LogP contribution in [0.4, 0.5) is 0 Å². The van der Waals surface area contributed by atoms with Crippen LogP contribution in [0, 0.1) is 13.8 Å². The number of rotatable bonds is 3. The van der Waals surface area contributed by atoms with Crippen molar-refractivity contribution in [3.8, 4) is 11.3 Å². The monoisotopic (exact) mass is 393 g/mol. The minimum absolute atomic E-state index is 0.337. The smallest absolute Gasteiger partial charge is 0.0719 e. The second kappa shape index (κ2) is 7.13. The van der Waals surface area contributed by atoms with E-state index >= 15 is 0 Å². The van der Waals surface area contributed by atoms with Crippen molar-refractivity contribution in [2.75, 3.05) is 0 Å². The number of nitrogens with zero attached hydrogens (tertiary/aromatic N) is 1. The molecule has 29 heavy (non-hydrogen) atoms. The molecule has 142 valence electrons. The normalized spacial score (nSPS) is 12.5. The molecule has 2 aromatic heterocycles. The maximum Gasteiger partial charge on any atom is 0.0719 e. The van der Waals surface area contributed by atoms with Gasteiger partial charge in [0.15, 0.2) is 0 Å². The van der Waals surface area contributed by atoms with Crippen LogP contribution in [-0.4, -0.2) is 4.98 Å². The summed E-state index contributed by atoms with van der Waals surface area (Å²) >= 11 is 1.89. The molecule has 1 nitrogen and oxygen atoms in total. The van der Waals surface area contributed by atoms with E-state index in [0.717, 1.165) is 5.69 Å². The Bertz CT molecular complexity index is 1330. The molecule has 0 radical (unpaired) electrons. The number of hydrogen-bond donors (Lipinski definition) is 0. The minimum atomic E-state index is 0.337. The van der Waals surface area contributed by atoms with Crippen LogP contribution < -0.4 is 0 Å². The van der Waals surface area contributed by atoms with E-state index in [1.54, 1.807) is 0 Å². The molecule has 0 amide bonds. The highest BCUT2D eigenvalue weighted by Gasteiger charge is 2.16. The van der Waals surface area contributed by atoms with Gasteiger partial charge in [0.1, 0.15) is 0 Å². The molecule has 0 saturated heterocycles. The maximum absolute atomic E-state index is 4.76. The van der Waals surface area contributed by atoms with E-state index < -0.39 is 0 Å². The van der Waals surface area contributed by atoms with Gasteiger partial charge in [-0.3, -0.25) is 4.98 Å². The van der Waals surface area contributed by atoms with Gasteiger partial charge in [-0.15, -0.1) is 11.3 Å². The first-order chi connectivity index (χ1) is 14.1. The Labute approximate surface area is 175 Å². The first kappa shape index (κ1) is 18.1. The first-order valence-corrected chi connectivity index (χ1v) is 10.9. The Morgan fingerprint density at radius 2 is 1.59 bits per heavy atom. The van der Waals surface area contributed by atoms with E-state index in [9.17, 15) is 0 Å². The molecule has 5 rings (SSSR count). The minimum Gasteiger partial charge on any atom is -0.256 e. The van der Waals surface area contributed by atoms with E-state index in [-0.39, 0.29) is 0 Å². The lowest BCUT2D eigenvalue weighted by molar-refractivity contribution is 0.918. The van der Waals surface area contributed by atoms with Crippen molar-refractivity contribution >= 4 is 31.5 Å². The number of aromatic nitrogens is 1. The Hall–Kier alpha value is -2.97. The van der Waals surface area contributed by atoms with E-state index in [1.807, 2.05) is 17.5 Å². The molecular weight excluding hydrogens is 370 g/mol. The number of benzene rings is 3.